The maximum absolute atomic E-state index is 14.6. The number of carbonyl (C=O) groups excluding carboxylic acids is 3. The van der Waals surface area contributed by atoms with Gasteiger partial charge in [-0.25, -0.2) is 9.18 Å². The lowest BCUT2D eigenvalue weighted by atomic mass is 10.1. The summed E-state index contributed by atoms with van der Waals surface area (Å²) >= 11 is 0.688. The van der Waals surface area contributed by atoms with Gasteiger partial charge in [0.25, 0.3) is 11.1 Å². The van der Waals surface area contributed by atoms with E-state index in [1.54, 1.807) is 6.07 Å². The summed E-state index contributed by atoms with van der Waals surface area (Å²) in [7, 11) is 1.19. The summed E-state index contributed by atoms with van der Waals surface area (Å²) in [5, 5.41) is -0.575. The quantitative estimate of drug-likeness (QED) is 0.578. The fraction of sp³-hybridized carbons (Fsp3) is 0.421. The standard InChI is InChI=1S/C19H21FN2O4S/c1-12(18(24)26-2)22-17(23)16(27-19(22)25)10-13-6-7-14(11-15(13)20)21-8-4-3-5-9-21/h6-7,10-12H,3-5,8-9H2,1-2H3/b16-10+/t12-/m1/s1. The molecule has 0 spiro atoms. The highest BCUT2D eigenvalue weighted by atomic mass is 32.2. The first-order chi connectivity index (χ1) is 12.9. The smallest absolute Gasteiger partial charge is 0.328 e. The van der Waals surface area contributed by atoms with Crippen molar-refractivity contribution < 1.29 is 23.5 Å². The maximum Gasteiger partial charge on any atom is 0.328 e. The fourth-order valence-corrected chi connectivity index (χ4v) is 4.11. The summed E-state index contributed by atoms with van der Waals surface area (Å²) in [6.07, 6.45) is 4.73. The Morgan fingerprint density at radius 3 is 2.59 bits per heavy atom. The summed E-state index contributed by atoms with van der Waals surface area (Å²) in [5.41, 5.74) is 1.05. The molecule has 2 saturated heterocycles. The van der Waals surface area contributed by atoms with Gasteiger partial charge in [-0.3, -0.25) is 14.5 Å². The van der Waals surface area contributed by atoms with Crippen molar-refractivity contribution in [3.8, 4) is 0 Å². The summed E-state index contributed by atoms with van der Waals surface area (Å²) in [4.78, 5) is 39.3. The Balaban J connectivity index is 1.81. The van der Waals surface area contributed by atoms with E-state index in [-0.39, 0.29) is 10.5 Å². The van der Waals surface area contributed by atoms with Gasteiger partial charge in [-0.15, -0.1) is 0 Å². The third kappa shape index (κ3) is 4.00. The van der Waals surface area contributed by atoms with Gasteiger partial charge in [0.15, 0.2) is 0 Å². The van der Waals surface area contributed by atoms with Crippen LogP contribution < -0.4 is 4.90 Å². The van der Waals surface area contributed by atoms with Crippen LogP contribution in [-0.4, -0.2) is 48.3 Å². The van der Waals surface area contributed by atoms with E-state index < -0.39 is 29.0 Å². The zero-order valence-corrected chi connectivity index (χ0v) is 16.1. The zero-order chi connectivity index (χ0) is 19.6. The fourth-order valence-electron chi connectivity index (χ4n) is 3.21. The molecule has 0 saturated carbocycles. The summed E-state index contributed by atoms with van der Waals surface area (Å²) < 4.78 is 19.1. The van der Waals surface area contributed by atoms with E-state index in [9.17, 15) is 18.8 Å². The predicted octanol–water partition coefficient (Wildman–Crippen LogP) is 3.41. The molecule has 1 aromatic carbocycles. The number of imide groups is 1. The minimum absolute atomic E-state index is 0.0837. The molecule has 2 fully saturated rings. The first-order valence-electron chi connectivity index (χ1n) is 8.81. The molecule has 0 aliphatic carbocycles. The molecule has 27 heavy (non-hydrogen) atoms. The first kappa shape index (κ1) is 19.4. The van der Waals surface area contributed by atoms with E-state index in [2.05, 4.69) is 9.64 Å². The molecule has 1 atom stereocenters. The molecule has 0 N–H and O–H groups in total. The largest absolute Gasteiger partial charge is 0.467 e. The highest BCUT2D eigenvalue weighted by molar-refractivity contribution is 8.18. The van der Waals surface area contributed by atoms with Gasteiger partial charge in [0, 0.05) is 24.3 Å². The van der Waals surface area contributed by atoms with Gasteiger partial charge in [0.05, 0.1) is 12.0 Å². The number of piperidine rings is 1. The van der Waals surface area contributed by atoms with Crippen LogP contribution in [0.4, 0.5) is 14.9 Å². The molecular weight excluding hydrogens is 371 g/mol. The van der Waals surface area contributed by atoms with Crippen LogP contribution in [-0.2, 0) is 14.3 Å². The van der Waals surface area contributed by atoms with Crippen molar-refractivity contribution >= 4 is 40.6 Å². The van der Waals surface area contributed by atoms with E-state index in [1.807, 2.05) is 6.07 Å². The minimum Gasteiger partial charge on any atom is -0.467 e. The van der Waals surface area contributed by atoms with Gasteiger partial charge in [-0.05, 0) is 62.2 Å². The van der Waals surface area contributed by atoms with Crippen LogP contribution in [0, 0.1) is 5.82 Å². The number of anilines is 1. The molecule has 2 aliphatic heterocycles. The van der Waals surface area contributed by atoms with E-state index in [1.165, 1.54) is 32.6 Å². The minimum atomic E-state index is -1.03. The number of esters is 1. The van der Waals surface area contributed by atoms with Gasteiger partial charge < -0.3 is 9.64 Å². The highest BCUT2D eigenvalue weighted by Crippen LogP contribution is 2.34. The molecule has 2 aliphatic rings. The number of rotatable bonds is 4. The zero-order valence-electron chi connectivity index (χ0n) is 15.2. The Morgan fingerprint density at radius 1 is 1.26 bits per heavy atom. The summed E-state index contributed by atoms with van der Waals surface area (Å²) in [5.74, 6) is -1.76. The van der Waals surface area contributed by atoms with Crippen molar-refractivity contribution in [3.05, 3.63) is 34.5 Å². The Hall–Kier alpha value is -2.35. The molecule has 3 rings (SSSR count). The van der Waals surface area contributed by atoms with E-state index in [0.717, 1.165) is 36.5 Å². The van der Waals surface area contributed by atoms with Gasteiger partial charge in [-0.2, -0.15) is 0 Å². The van der Waals surface area contributed by atoms with Crippen LogP contribution in [0.25, 0.3) is 6.08 Å². The Kier molecular flexibility index (Phi) is 5.84. The van der Waals surface area contributed by atoms with Gasteiger partial charge in [0.1, 0.15) is 11.9 Å². The topological polar surface area (TPSA) is 66.9 Å². The summed E-state index contributed by atoms with van der Waals surface area (Å²) in [6, 6.07) is 3.86. The van der Waals surface area contributed by atoms with E-state index in [4.69, 9.17) is 0 Å². The van der Waals surface area contributed by atoms with Crippen molar-refractivity contribution in [1.82, 2.24) is 4.90 Å². The number of benzene rings is 1. The van der Waals surface area contributed by atoms with Crippen LogP contribution in [0.15, 0.2) is 23.1 Å². The molecule has 1 aromatic rings. The predicted molar refractivity (Wildman–Crippen MR) is 102 cm³/mol. The van der Waals surface area contributed by atoms with Crippen molar-refractivity contribution in [2.45, 2.75) is 32.2 Å². The Morgan fingerprint density at radius 2 is 1.96 bits per heavy atom. The van der Waals surface area contributed by atoms with Crippen molar-refractivity contribution in [1.29, 1.82) is 0 Å². The molecule has 2 amide bonds. The number of hydrogen-bond donors (Lipinski definition) is 0. The second-order valence-electron chi connectivity index (χ2n) is 6.50. The molecule has 0 radical (unpaired) electrons. The van der Waals surface area contributed by atoms with Crippen LogP contribution in [0.5, 0.6) is 0 Å². The van der Waals surface area contributed by atoms with Gasteiger partial charge in [-0.1, -0.05) is 0 Å². The van der Waals surface area contributed by atoms with Crippen molar-refractivity contribution in [3.63, 3.8) is 0 Å². The van der Waals surface area contributed by atoms with Gasteiger partial charge in [0.2, 0.25) is 0 Å². The molecule has 2 heterocycles. The lowest BCUT2D eigenvalue weighted by molar-refractivity contribution is -0.148. The lowest BCUT2D eigenvalue weighted by Gasteiger charge is -2.28. The average molecular weight is 392 g/mol. The molecular formula is C19H21FN2O4S. The molecule has 8 heteroatoms. The SMILES string of the molecule is COC(=O)[C@@H](C)N1C(=O)S/C(=C/c2ccc(N3CCCCC3)cc2F)C1=O. The number of thioether (sulfide) groups is 1. The Labute approximate surface area is 161 Å². The number of hydrogen-bond acceptors (Lipinski definition) is 6. The number of ether oxygens (including phenoxy) is 1. The number of halogens is 1. The normalized spacial score (nSPS) is 20.3. The second-order valence-corrected chi connectivity index (χ2v) is 7.50. The van der Waals surface area contributed by atoms with Crippen LogP contribution in [0.2, 0.25) is 0 Å². The van der Waals surface area contributed by atoms with Crippen LogP contribution in [0.3, 0.4) is 0 Å². The molecule has 6 nitrogen and oxygen atoms in total. The van der Waals surface area contributed by atoms with E-state index >= 15 is 0 Å². The van der Waals surface area contributed by atoms with Crippen LogP contribution in [0.1, 0.15) is 31.7 Å². The van der Waals surface area contributed by atoms with E-state index in [0.29, 0.717) is 11.8 Å². The molecule has 0 bridgehead atoms. The average Bonchev–Trinajstić information content (AvgIpc) is 2.96. The van der Waals surface area contributed by atoms with Crippen LogP contribution >= 0.6 is 11.8 Å². The lowest BCUT2D eigenvalue weighted by Crippen LogP contribution is -2.42. The summed E-state index contributed by atoms with van der Waals surface area (Å²) in [6.45, 7) is 3.23. The van der Waals surface area contributed by atoms with Gasteiger partial charge >= 0.3 is 5.97 Å². The second kappa shape index (κ2) is 8.12. The third-order valence-corrected chi connectivity index (χ3v) is 5.63. The molecule has 144 valence electrons. The monoisotopic (exact) mass is 392 g/mol. The number of methoxy groups -OCH3 is 1. The third-order valence-electron chi connectivity index (χ3n) is 4.74. The molecule has 0 unspecified atom stereocenters. The maximum atomic E-state index is 14.6. The first-order valence-corrected chi connectivity index (χ1v) is 9.63. The Bertz CT molecular complexity index is 805. The molecule has 0 aromatic heterocycles. The van der Waals surface area contributed by atoms with Crippen molar-refractivity contribution in [2.75, 3.05) is 25.1 Å². The number of amides is 2. The highest BCUT2D eigenvalue weighted by Gasteiger charge is 2.41. The number of nitrogens with zero attached hydrogens (tertiary/aromatic N) is 2. The number of carbonyl (C=O) groups is 3. The van der Waals surface area contributed by atoms with Crippen molar-refractivity contribution in [2.24, 2.45) is 0 Å².